The zero-order valence-electron chi connectivity index (χ0n) is 10.9. The Balaban J connectivity index is 3.10. The summed E-state index contributed by atoms with van der Waals surface area (Å²) in [6.07, 6.45) is -5.90. The molecule has 20 heavy (non-hydrogen) atoms. The molecule has 1 N–H and O–H groups in total. The van der Waals surface area contributed by atoms with Crippen molar-refractivity contribution in [3.8, 4) is 0 Å². The summed E-state index contributed by atoms with van der Waals surface area (Å²) in [5.41, 5.74) is -2.94. The number of benzene rings is 1. The van der Waals surface area contributed by atoms with E-state index in [4.69, 9.17) is 4.74 Å². The van der Waals surface area contributed by atoms with Crippen LogP contribution in [0, 0.1) is 5.82 Å². The molecule has 1 rings (SSSR count). The first kappa shape index (κ1) is 16.7. The van der Waals surface area contributed by atoms with Gasteiger partial charge in [-0.25, -0.2) is 9.18 Å². The lowest BCUT2D eigenvalue weighted by Crippen LogP contribution is -2.28. The van der Waals surface area contributed by atoms with Crippen molar-refractivity contribution < 1.29 is 27.1 Å². The summed E-state index contributed by atoms with van der Waals surface area (Å²) in [6, 6.07) is 1.58. The molecule has 0 aliphatic rings. The minimum atomic E-state index is -4.85. The number of amides is 1. The van der Waals surface area contributed by atoms with E-state index in [1.54, 1.807) is 20.8 Å². The highest BCUT2D eigenvalue weighted by molar-refractivity contribution is 9.10. The minimum absolute atomic E-state index is 0.0196. The number of hydrogen-bond donors (Lipinski definition) is 1. The van der Waals surface area contributed by atoms with Crippen molar-refractivity contribution in [1.82, 2.24) is 0 Å². The van der Waals surface area contributed by atoms with E-state index in [0.717, 1.165) is 6.07 Å². The molecule has 0 fully saturated rings. The molecule has 0 atom stereocenters. The topological polar surface area (TPSA) is 38.3 Å². The van der Waals surface area contributed by atoms with Crippen LogP contribution in [0.4, 0.5) is 28.0 Å². The summed E-state index contributed by atoms with van der Waals surface area (Å²) in [7, 11) is 0. The van der Waals surface area contributed by atoms with Gasteiger partial charge in [0.2, 0.25) is 0 Å². The highest BCUT2D eigenvalue weighted by Crippen LogP contribution is 2.37. The van der Waals surface area contributed by atoms with E-state index in [2.05, 4.69) is 15.9 Å². The quantitative estimate of drug-likeness (QED) is 0.721. The molecule has 0 spiro atoms. The first-order valence-corrected chi connectivity index (χ1v) is 6.26. The molecule has 1 aromatic rings. The Labute approximate surface area is 121 Å². The monoisotopic (exact) mass is 357 g/mol. The lowest BCUT2D eigenvalue weighted by Gasteiger charge is -2.20. The number of ether oxygens (including phenoxy) is 1. The predicted octanol–water partition coefficient (Wildman–Crippen LogP) is 4.95. The van der Waals surface area contributed by atoms with Crippen molar-refractivity contribution in [2.45, 2.75) is 32.5 Å². The number of rotatable bonds is 1. The van der Waals surface area contributed by atoms with Crippen LogP contribution in [-0.2, 0) is 10.9 Å². The van der Waals surface area contributed by atoms with E-state index in [-0.39, 0.29) is 4.47 Å². The molecular formula is C12H12BrF4NO2. The van der Waals surface area contributed by atoms with Crippen molar-refractivity contribution in [3.63, 3.8) is 0 Å². The Bertz CT molecular complexity index is 523. The predicted molar refractivity (Wildman–Crippen MR) is 69.0 cm³/mol. The van der Waals surface area contributed by atoms with Crippen LogP contribution < -0.4 is 5.32 Å². The smallest absolute Gasteiger partial charge is 0.419 e. The van der Waals surface area contributed by atoms with E-state index in [1.807, 2.05) is 5.32 Å². The molecule has 0 radical (unpaired) electrons. The molecular weight excluding hydrogens is 346 g/mol. The molecule has 0 unspecified atom stereocenters. The maximum Gasteiger partial charge on any atom is 0.419 e. The largest absolute Gasteiger partial charge is 0.444 e. The van der Waals surface area contributed by atoms with Gasteiger partial charge in [-0.3, -0.25) is 5.32 Å². The second kappa shape index (κ2) is 5.59. The zero-order chi connectivity index (χ0) is 15.7. The molecule has 8 heteroatoms. The van der Waals surface area contributed by atoms with Crippen LogP contribution in [0.1, 0.15) is 26.3 Å². The van der Waals surface area contributed by atoms with Gasteiger partial charge in [-0.1, -0.05) is 0 Å². The Hall–Kier alpha value is -1.31. The Morgan fingerprint density at radius 2 is 1.80 bits per heavy atom. The number of carbonyl (C=O) groups is 1. The molecule has 1 aromatic carbocycles. The van der Waals surface area contributed by atoms with Gasteiger partial charge in [0.15, 0.2) is 5.82 Å². The Morgan fingerprint density at radius 3 is 2.25 bits per heavy atom. The normalized spacial score (nSPS) is 12.2. The van der Waals surface area contributed by atoms with Crippen LogP contribution >= 0.6 is 15.9 Å². The lowest BCUT2D eigenvalue weighted by molar-refractivity contribution is -0.139. The molecule has 0 aliphatic carbocycles. The number of carbonyl (C=O) groups excluding carboxylic acids is 1. The van der Waals surface area contributed by atoms with E-state index >= 15 is 0 Å². The van der Waals surface area contributed by atoms with Crippen LogP contribution in [0.2, 0.25) is 0 Å². The number of alkyl halides is 3. The fourth-order valence-electron chi connectivity index (χ4n) is 1.29. The first-order chi connectivity index (χ1) is 8.92. The van der Waals surface area contributed by atoms with E-state index in [9.17, 15) is 22.4 Å². The van der Waals surface area contributed by atoms with Gasteiger partial charge in [0.25, 0.3) is 0 Å². The SMILES string of the molecule is CC(C)(C)OC(=O)Nc1c(Br)ccc(C(F)(F)F)c1F. The summed E-state index contributed by atoms with van der Waals surface area (Å²) < 4.78 is 56.4. The lowest BCUT2D eigenvalue weighted by atomic mass is 10.1. The van der Waals surface area contributed by atoms with Crippen molar-refractivity contribution >= 4 is 27.7 Å². The summed E-state index contributed by atoms with van der Waals surface area (Å²) in [5, 5.41) is 1.96. The van der Waals surface area contributed by atoms with Crippen molar-refractivity contribution in [2.75, 3.05) is 5.32 Å². The molecule has 1 amide bonds. The van der Waals surface area contributed by atoms with Gasteiger partial charge in [-0.2, -0.15) is 13.2 Å². The molecule has 0 bridgehead atoms. The van der Waals surface area contributed by atoms with Gasteiger partial charge >= 0.3 is 12.3 Å². The maximum atomic E-state index is 13.8. The number of halogens is 5. The van der Waals surface area contributed by atoms with Gasteiger partial charge in [0, 0.05) is 4.47 Å². The van der Waals surface area contributed by atoms with Gasteiger partial charge in [-0.05, 0) is 48.8 Å². The second-order valence-electron chi connectivity index (χ2n) is 4.91. The van der Waals surface area contributed by atoms with Crippen LogP contribution in [0.3, 0.4) is 0 Å². The van der Waals surface area contributed by atoms with E-state index < -0.39 is 34.9 Å². The van der Waals surface area contributed by atoms with Gasteiger partial charge in [0.1, 0.15) is 5.60 Å². The zero-order valence-corrected chi connectivity index (χ0v) is 12.4. The van der Waals surface area contributed by atoms with Gasteiger partial charge < -0.3 is 4.74 Å². The third kappa shape index (κ3) is 4.36. The summed E-state index contributed by atoms with van der Waals surface area (Å²) in [4.78, 5) is 11.5. The molecule has 0 saturated carbocycles. The number of hydrogen-bond acceptors (Lipinski definition) is 2. The van der Waals surface area contributed by atoms with Crippen LogP contribution in [0.5, 0.6) is 0 Å². The van der Waals surface area contributed by atoms with E-state index in [0.29, 0.717) is 6.07 Å². The van der Waals surface area contributed by atoms with Gasteiger partial charge in [-0.15, -0.1) is 0 Å². The third-order valence-electron chi connectivity index (χ3n) is 2.02. The number of nitrogens with one attached hydrogen (secondary N) is 1. The van der Waals surface area contributed by atoms with Crippen LogP contribution in [0.15, 0.2) is 16.6 Å². The summed E-state index contributed by atoms with van der Waals surface area (Å²) in [6.45, 7) is 4.72. The summed E-state index contributed by atoms with van der Waals surface area (Å²) in [5.74, 6) is -1.57. The maximum absolute atomic E-state index is 13.8. The fourth-order valence-corrected chi connectivity index (χ4v) is 1.70. The Morgan fingerprint density at radius 1 is 1.25 bits per heavy atom. The van der Waals surface area contributed by atoms with Crippen molar-refractivity contribution in [2.24, 2.45) is 0 Å². The summed E-state index contributed by atoms with van der Waals surface area (Å²) >= 11 is 2.88. The number of anilines is 1. The molecule has 112 valence electrons. The molecule has 0 aliphatic heterocycles. The van der Waals surface area contributed by atoms with Crippen molar-refractivity contribution in [3.05, 3.63) is 28.0 Å². The van der Waals surface area contributed by atoms with E-state index in [1.165, 1.54) is 0 Å². The average molecular weight is 358 g/mol. The highest BCUT2D eigenvalue weighted by atomic mass is 79.9. The van der Waals surface area contributed by atoms with Crippen molar-refractivity contribution in [1.29, 1.82) is 0 Å². The van der Waals surface area contributed by atoms with Gasteiger partial charge in [0.05, 0.1) is 11.3 Å². The first-order valence-electron chi connectivity index (χ1n) is 5.47. The standard InChI is InChI=1S/C12H12BrF4NO2/c1-11(2,3)20-10(19)18-9-7(13)5-4-6(8(9)14)12(15,16)17/h4-5H,1-3H3,(H,18,19). The average Bonchev–Trinajstić information content (AvgIpc) is 2.19. The third-order valence-corrected chi connectivity index (χ3v) is 2.68. The fraction of sp³-hybridized carbons (Fsp3) is 0.417. The molecule has 0 aromatic heterocycles. The molecule has 0 saturated heterocycles. The second-order valence-corrected chi connectivity index (χ2v) is 5.76. The molecule has 0 heterocycles. The van der Waals surface area contributed by atoms with Crippen LogP contribution in [-0.4, -0.2) is 11.7 Å². The van der Waals surface area contributed by atoms with Crippen LogP contribution in [0.25, 0.3) is 0 Å². The molecule has 3 nitrogen and oxygen atoms in total. The highest BCUT2D eigenvalue weighted by Gasteiger charge is 2.36. The Kier molecular flexibility index (Phi) is 4.68. The minimum Gasteiger partial charge on any atom is -0.444 e.